The van der Waals surface area contributed by atoms with Gasteiger partial charge in [-0.2, -0.15) is 0 Å². The highest BCUT2D eigenvalue weighted by Crippen LogP contribution is 2.26. The van der Waals surface area contributed by atoms with Crippen molar-refractivity contribution in [2.75, 3.05) is 6.54 Å². The zero-order chi connectivity index (χ0) is 13.8. The van der Waals surface area contributed by atoms with Gasteiger partial charge in [0.25, 0.3) is 0 Å². The van der Waals surface area contributed by atoms with Gasteiger partial charge in [-0.05, 0) is 29.7 Å². The van der Waals surface area contributed by atoms with Crippen molar-refractivity contribution in [3.05, 3.63) is 29.8 Å². The first-order valence-electron chi connectivity index (χ1n) is 6.04. The van der Waals surface area contributed by atoms with Gasteiger partial charge in [0.15, 0.2) is 6.10 Å². The molecule has 0 heterocycles. The fraction of sp³-hybridized carbons (Fsp3) is 0.500. The number of rotatable bonds is 5. The van der Waals surface area contributed by atoms with E-state index < -0.39 is 12.1 Å². The number of hydrogen-bond donors (Lipinski definition) is 2. The molecule has 0 saturated carbocycles. The van der Waals surface area contributed by atoms with Crippen molar-refractivity contribution in [3.63, 3.8) is 0 Å². The lowest BCUT2D eigenvalue weighted by Crippen LogP contribution is -2.29. The summed E-state index contributed by atoms with van der Waals surface area (Å²) in [5, 5.41) is 9.01. The summed E-state index contributed by atoms with van der Waals surface area (Å²) in [5.74, 6) is -0.412. The van der Waals surface area contributed by atoms with E-state index in [9.17, 15) is 4.79 Å². The van der Waals surface area contributed by atoms with Crippen LogP contribution in [0.5, 0.6) is 5.75 Å². The standard InChI is InChI=1S/C14H21NO3/c1-14(2,3)10-5-4-6-11(9-10)18-12(7-8-15)13(16)17/h4-6,9,12H,7-8,15H2,1-3H3,(H,16,17). The predicted octanol–water partition coefficient (Wildman–Crippen LogP) is 2.16. The molecule has 4 heteroatoms. The van der Waals surface area contributed by atoms with Crippen LogP contribution in [0.15, 0.2) is 24.3 Å². The Bertz CT molecular complexity index is 410. The highest BCUT2D eigenvalue weighted by atomic mass is 16.5. The maximum Gasteiger partial charge on any atom is 0.344 e. The van der Waals surface area contributed by atoms with Gasteiger partial charge in [0.2, 0.25) is 0 Å². The fourth-order valence-corrected chi connectivity index (χ4v) is 1.58. The van der Waals surface area contributed by atoms with E-state index in [1.807, 2.05) is 18.2 Å². The number of nitrogens with two attached hydrogens (primary N) is 1. The Morgan fingerprint density at radius 2 is 2.11 bits per heavy atom. The van der Waals surface area contributed by atoms with Gasteiger partial charge in [-0.3, -0.25) is 0 Å². The monoisotopic (exact) mass is 251 g/mol. The quantitative estimate of drug-likeness (QED) is 0.841. The van der Waals surface area contributed by atoms with Crippen LogP contribution in [-0.2, 0) is 10.2 Å². The van der Waals surface area contributed by atoms with E-state index in [1.165, 1.54) is 0 Å². The Hall–Kier alpha value is -1.55. The number of aliphatic carboxylic acids is 1. The first kappa shape index (κ1) is 14.5. The minimum atomic E-state index is -0.985. The van der Waals surface area contributed by atoms with Gasteiger partial charge in [-0.1, -0.05) is 32.9 Å². The summed E-state index contributed by atoms with van der Waals surface area (Å²) in [7, 11) is 0. The molecule has 0 aliphatic heterocycles. The molecule has 4 nitrogen and oxygen atoms in total. The predicted molar refractivity (Wildman–Crippen MR) is 70.9 cm³/mol. The summed E-state index contributed by atoms with van der Waals surface area (Å²) < 4.78 is 5.47. The Morgan fingerprint density at radius 1 is 1.44 bits per heavy atom. The molecule has 1 unspecified atom stereocenters. The maximum atomic E-state index is 11.0. The molecular weight excluding hydrogens is 230 g/mol. The molecule has 0 aromatic heterocycles. The second-order valence-electron chi connectivity index (χ2n) is 5.30. The van der Waals surface area contributed by atoms with Crippen LogP contribution in [0.3, 0.4) is 0 Å². The maximum absolute atomic E-state index is 11.0. The summed E-state index contributed by atoms with van der Waals surface area (Å²) in [6.45, 7) is 6.58. The summed E-state index contributed by atoms with van der Waals surface area (Å²) in [5.41, 5.74) is 6.49. The van der Waals surface area contributed by atoms with Crippen LogP contribution in [0.4, 0.5) is 0 Å². The van der Waals surface area contributed by atoms with Crippen molar-refractivity contribution >= 4 is 5.97 Å². The van der Waals surface area contributed by atoms with Crippen LogP contribution < -0.4 is 10.5 Å². The number of carbonyl (C=O) groups is 1. The van der Waals surface area contributed by atoms with Crippen molar-refractivity contribution < 1.29 is 14.6 Å². The molecule has 1 aromatic carbocycles. The number of hydrogen-bond acceptors (Lipinski definition) is 3. The molecule has 0 amide bonds. The molecule has 100 valence electrons. The Kier molecular flexibility index (Phi) is 4.73. The molecule has 1 aromatic rings. The highest BCUT2D eigenvalue weighted by Gasteiger charge is 2.19. The third kappa shape index (κ3) is 4.04. The zero-order valence-corrected chi connectivity index (χ0v) is 11.1. The van der Waals surface area contributed by atoms with Crippen LogP contribution in [0, 0.1) is 0 Å². The van der Waals surface area contributed by atoms with Gasteiger partial charge in [0.05, 0.1) is 0 Å². The molecule has 18 heavy (non-hydrogen) atoms. The van der Waals surface area contributed by atoms with Crippen LogP contribution in [0.2, 0.25) is 0 Å². The number of ether oxygens (including phenoxy) is 1. The van der Waals surface area contributed by atoms with Gasteiger partial charge in [-0.25, -0.2) is 4.79 Å². The molecule has 0 spiro atoms. The lowest BCUT2D eigenvalue weighted by atomic mass is 9.87. The van der Waals surface area contributed by atoms with E-state index in [0.29, 0.717) is 12.2 Å². The second-order valence-corrected chi connectivity index (χ2v) is 5.30. The van der Waals surface area contributed by atoms with Crippen molar-refractivity contribution in [2.45, 2.75) is 38.7 Å². The normalized spacial score (nSPS) is 13.1. The largest absolute Gasteiger partial charge is 0.479 e. The molecule has 0 aliphatic carbocycles. The molecule has 0 radical (unpaired) electrons. The van der Waals surface area contributed by atoms with Crippen LogP contribution in [0.1, 0.15) is 32.8 Å². The van der Waals surface area contributed by atoms with Gasteiger partial charge < -0.3 is 15.6 Å². The van der Waals surface area contributed by atoms with Crippen molar-refractivity contribution in [2.24, 2.45) is 5.73 Å². The summed E-state index contributed by atoms with van der Waals surface area (Å²) in [6, 6.07) is 7.52. The van der Waals surface area contributed by atoms with E-state index in [2.05, 4.69) is 20.8 Å². The molecule has 1 atom stereocenters. The van der Waals surface area contributed by atoms with Gasteiger partial charge in [0, 0.05) is 6.42 Å². The summed E-state index contributed by atoms with van der Waals surface area (Å²) in [4.78, 5) is 11.0. The zero-order valence-electron chi connectivity index (χ0n) is 11.1. The lowest BCUT2D eigenvalue weighted by Gasteiger charge is -2.21. The van der Waals surface area contributed by atoms with Gasteiger partial charge >= 0.3 is 5.97 Å². The Labute approximate surface area is 108 Å². The number of carboxylic acids is 1. The molecule has 0 aliphatic rings. The van der Waals surface area contributed by atoms with E-state index >= 15 is 0 Å². The summed E-state index contributed by atoms with van der Waals surface area (Å²) in [6.07, 6.45) is -0.583. The number of benzene rings is 1. The van der Waals surface area contributed by atoms with Gasteiger partial charge in [-0.15, -0.1) is 0 Å². The molecule has 1 rings (SSSR count). The van der Waals surface area contributed by atoms with Crippen molar-refractivity contribution in [1.29, 1.82) is 0 Å². The molecule has 0 fully saturated rings. The third-order valence-electron chi connectivity index (χ3n) is 2.68. The van der Waals surface area contributed by atoms with Crippen LogP contribution >= 0.6 is 0 Å². The molecule has 0 bridgehead atoms. The molecule has 0 saturated heterocycles. The SMILES string of the molecule is CC(C)(C)c1cccc(OC(CCN)C(=O)O)c1. The first-order chi connectivity index (χ1) is 8.34. The van der Waals surface area contributed by atoms with Crippen molar-refractivity contribution in [1.82, 2.24) is 0 Å². The second kappa shape index (κ2) is 5.87. The fourth-order valence-electron chi connectivity index (χ4n) is 1.58. The minimum Gasteiger partial charge on any atom is -0.479 e. The van der Waals surface area contributed by atoms with E-state index in [1.54, 1.807) is 6.07 Å². The highest BCUT2D eigenvalue weighted by molar-refractivity contribution is 5.72. The minimum absolute atomic E-state index is 0.00591. The average molecular weight is 251 g/mol. The van der Waals surface area contributed by atoms with E-state index in [4.69, 9.17) is 15.6 Å². The Morgan fingerprint density at radius 3 is 2.61 bits per heavy atom. The molecule has 3 N–H and O–H groups in total. The van der Waals surface area contributed by atoms with Crippen LogP contribution in [0.25, 0.3) is 0 Å². The third-order valence-corrected chi connectivity index (χ3v) is 2.68. The smallest absolute Gasteiger partial charge is 0.344 e. The number of carboxylic acid groups (broad SMARTS) is 1. The first-order valence-corrected chi connectivity index (χ1v) is 6.04. The Balaban J connectivity index is 2.87. The lowest BCUT2D eigenvalue weighted by molar-refractivity contribution is -0.145. The van der Waals surface area contributed by atoms with Gasteiger partial charge in [0.1, 0.15) is 5.75 Å². The topological polar surface area (TPSA) is 72.5 Å². The molecular formula is C14H21NO3. The van der Waals surface area contributed by atoms with Crippen molar-refractivity contribution in [3.8, 4) is 5.75 Å². The van der Waals surface area contributed by atoms with E-state index in [-0.39, 0.29) is 12.0 Å². The van der Waals surface area contributed by atoms with E-state index in [0.717, 1.165) is 5.56 Å². The average Bonchev–Trinajstić information content (AvgIpc) is 2.27. The van der Waals surface area contributed by atoms with Crippen LogP contribution in [-0.4, -0.2) is 23.7 Å². The summed E-state index contributed by atoms with van der Waals surface area (Å²) >= 11 is 0.